The fraction of sp³-hybridized carbons (Fsp3) is 0.500. The topological polar surface area (TPSA) is 24.9 Å². The SMILES string of the molecule is Cc1cnccc1CNC1CC2CC=CC21. The Morgan fingerprint density at radius 3 is 3.25 bits per heavy atom. The second kappa shape index (κ2) is 4.02. The van der Waals surface area contributed by atoms with Crippen molar-refractivity contribution in [1.29, 1.82) is 0 Å². The zero-order valence-corrected chi connectivity index (χ0v) is 9.69. The molecule has 84 valence electrons. The van der Waals surface area contributed by atoms with Gasteiger partial charge in [0.25, 0.3) is 0 Å². The first-order chi connectivity index (χ1) is 7.84. The molecule has 3 unspecified atom stereocenters. The van der Waals surface area contributed by atoms with Crippen molar-refractivity contribution in [2.24, 2.45) is 11.8 Å². The van der Waals surface area contributed by atoms with Crippen LogP contribution in [0.25, 0.3) is 0 Å². The zero-order chi connectivity index (χ0) is 11.0. The molecule has 1 aromatic rings. The monoisotopic (exact) mass is 214 g/mol. The maximum absolute atomic E-state index is 4.12. The van der Waals surface area contributed by atoms with Crippen LogP contribution in [-0.4, -0.2) is 11.0 Å². The van der Waals surface area contributed by atoms with E-state index in [9.17, 15) is 0 Å². The van der Waals surface area contributed by atoms with Crippen LogP contribution >= 0.6 is 0 Å². The van der Waals surface area contributed by atoms with Gasteiger partial charge in [-0.3, -0.25) is 4.98 Å². The van der Waals surface area contributed by atoms with E-state index in [0.29, 0.717) is 6.04 Å². The lowest BCUT2D eigenvalue weighted by atomic mass is 9.71. The normalized spacial score (nSPS) is 31.2. The highest BCUT2D eigenvalue weighted by molar-refractivity contribution is 5.22. The van der Waals surface area contributed by atoms with Gasteiger partial charge in [-0.05, 0) is 48.8 Å². The van der Waals surface area contributed by atoms with Gasteiger partial charge in [0.05, 0.1) is 0 Å². The summed E-state index contributed by atoms with van der Waals surface area (Å²) in [6.45, 7) is 3.11. The number of aromatic nitrogens is 1. The van der Waals surface area contributed by atoms with Crippen molar-refractivity contribution in [2.75, 3.05) is 0 Å². The highest BCUT2D eigenvalue weighted by Gasteiger charge is 2.40. The molecule has 0 radical (unpaired) electrons. The third-order valence-corrected chi connectivity index (χ3v) is 4.05. The minimum atomic E-state index is 0.705. The molecule has 2 aliphatic carbocycles. The molecule has 2 heteroatoms. The second-order valence-electron chi connectivity index (χ2n) is 5.03. The smallest absolute Gasteiger partial charge is 0.0300 e. The molecule has 0 bridgehead atoms. The van der Waals surface area contributed by atoms with Crippen molar-refractivity contribution in [3.05, 3.63) is 41.7 Å². The van der Waals surface area contributed by atoms with Crippen LogP contribution in [-0.2, 0) is 6.54 Å². The van der Waals surface area contributed by atoms with E-state index in [1.54, 1.807) is 0 Å². The highest BCUT2D eigenvalue weighted by Crippen LogP contribution is 2.42. The van der Waals surface area contributed by atoms with Crippen LogP contribution in [0.2, 0.25) is 0 Å². The van der Waals surface area contributed by atoms with E-state index in [1.807, 2.05) is 12.4 Å². The van der Waals surface area contributed by atoms with Gasteiger partial charge in [-0.25, -0.2) is 0 Å². The fourth-order valence-corrected chi connectivity index (χ4v) is 2.89. The van der Waals surface area contributed by atoms with Crippen molar-refractivity contribution in [3.63, 3.8) is 0 Å². The van der Waals surface area contributed by atoms with E-state index >= 15 is 0 Å². The fourth-order valence-electron chi connectivity index (χ4n) is 2.89. The zero-order valence-electron chi connectivity index (χ0n) is 9.69. The molecule has 1 heterocycles. The largest absolute Gasteiger partial charge is 0.309 e. The molecule has 1 aromatic heterocycles. The van der Waals surface area contributed by atoms with Crippen LogP contribution in [0.1, 0.15) is 24.0 Å². The van der Waals surface area contributed by atoms with Gasteiger partial charge in [0.2, 0.25) is 0 Å². The van der Waals surface area contributed by atoms with Crippen molar-refractivity contribution in [2.45, 2.75) is 32.4 Å². The maximum atomic E-state index is 4.12. The summed E-state index contributed by atoms with van der Waals surface area (Å²) in [5.74, 6) is 1.75. The predicted molar refractivity (Wildman–Crippen MR) is 65.0 cm³/mol. The molecule has 0 spiro atoms. The molecule has 1 saturated carbocycles. The van der Waals surface area contributed by atoms with Crippen molar-refractivity contribution >= 4 is 0 Å². The van der Waals surface area contributed by atoms with E-state index in [1.165, 1.54) is 24.0 Å². The van der Waals surface area contributed by atoms with Gasteiger partial charge in [0.1, 0.15) is 0 Å². The lowest BCUT2D eigenvalue weighted by Crippen LogP contribution is -2.47. The third-order valence-electron chi connectivity index (χ3n) is 4.05. The first kappa shape index (κ1) is 10.0. The molecule has 3 rings (SSSR count). The average Bonchev–Trinajstić information content (AvgIpc) is 2.63. The van der Waals surface area contributed by atoms with Crippen molar-refractivity contribution in [3.8, 4) is 0 Å². The van der Waals surface area contributed by atoms with Gasteiger partial charge < -0.3 is 5.32 Å². The Kier molecular flexibility index (Phi) is 2.52. The molecular formula is C14H18N2. The first-order valence-corrected chi connectivity index (χ1v) is 6.14. The Balaban J connectivity index is 1.58. The quantitative estimate of drug-likeness (QED) is 0.782. The van der Waals surface area contributed by atoms with Crippen LogP contribution in [0.3, 0.4) is 0 Å². The first-order valence-electron chi connectivity index (χ1n) is 6.14. The number of allylic oxidation sites excluding steroid dienone is 1. The number of pyridine rings is 1. The molecule has 0 amide bonds. The van der Waals surface area contributed by atoms with Crippen molar-refractivity contribution < 1.29 is 0 Å². The minimum absolute atomic E-state index is 0.705. The van der Waals surface area contributed by atoms with Crippen LogP contribution < -0.4 is 5.32 Å². The van der Waals surface area contributed by atoms with Gasteiger partial charge in [-0.1, -0.05) is 12.2 Å². The van der Waals surface area contributed by atoms with E-state index < -0.39 is 0 Å². The summed E-state index contributed by atoms with van der Waals surface area (Å²) < 4.78 is 0. The summed E-state index contributed by atoms with van der Waals surface area (Å²) in [6, 6.07) is 2.82. The van der Waals surface area contributed by atoms with E-state index in [4.69, 9.17) is 0 Å². The average molecular weight is 214 g/mol. The molecule has 0 aromatic carbocycles. The molecule has 1 N–H and O–H groups in total. The molecule has 3 atom stereocenters. The lowest BCUT2D eigenvalue weighted by molar-refractivity contribution is 0.162. The summed E-state index contributed by atoms with van der Waals surface area (Å²) in [5.41, 5.74) is 2.66. The van der Waals surface area contributed by atoms with E-state index in [0.717, 1.165) is 18.4 Å². The number of nitrogens with zero attached hydrogens (tertiary/aromatic N) is 1. The van der Waals surface area contributed by atoms with Crippen LogP contribution in [0.15, 0.2) is 30.6 Å². The van der Waals surface area contributed by atoms with Crippen molar-refractivity contribution in [1.82, 2.24) is 10.3 Å². The Labute approximate surface area is 96.8 Å². The summed E-state index contributed by atoms with van der Waals surface area (Å²) >= 11 is 0. The van der Waals surface area contributed by atoms with Crippen LogP contribution in [0.4, 0.5) is 0 Å². The van der Waals surface area contributed by atoms with Gasteiger partial charge in [-0.15, -0.1) is 0 Å². The molecule has 2 aliphatic rings. The molecule has 16 heavy (non-hydrogen) atoms. The number of hydrogen-bond acceptors (Lipinski definition) is 2. The number of nitrogens with one attached hydrogen (secondary N) is 1. The lowest BCUT2D eigenvalue weighted by Gasteiger charge is -2.40. The Morgan fingerprint density at radius 1 is 1.50 bits per heavy atom. The van der Waals surface area contributed by atoms with Crippen LogP contribution in [0, 0.1) is 18.8 Å². The molecular weight excluding hydrogens is 196 g/mol. The molecule has 1 fully saturated rings. The maximum Gasteiger partial charge on any atom is 0.0300 e. The minimum Gasteiger partial charge on any atom is -0.309 e. The van der Waals surface area contributed by atoms with E-state index in [-0.39, 0.29) is 0 Å². The number of rotatable bonds is 3. The summed E-state index contributed by atoms with van der Waals surface area (Å²) in [4.78, 5) is 4.12. The van der Waals surface area contributed by atoms with Gasteiger partial charge in [0.15, 0.2) is 0 Å². The number of fused-ring (bicyclic) bond motifs is 1. The number of aryl methyl sites for hydroxylation is 1. The van der Waals surface area contributed by atoms with Gasteiger partial charge in [-0.2, -0.15) is 0 Å². The second-order valence-corrected chi connectivity index (χ2v) is 5.03. The Morgan fingerprint density at radius 2 is 2.44 bits per heavy atom. The van der Waals surface area contributed by atoms with Gasteiger partial charge in [0, 0.05) is 25.0 Å². The Hall–Kier alpha value is -1.15. The number of hydrogen-bond donors (Lipinski definition) is 1. The highest BCUT2D eigenvalue weighted by atomic mass is 14.9. The Bertz CT molecular complexity index is 411. The summed E-state index contributed by atoms with van der Waals surface area (Å²) in [5, 5.41) is 3.67. The molecule has 0 aliphatic heterocycles. The predicted octanol–water partition coefficient (Wildman–Crippen LogP) is 2.44. The van der Waals surface area contributed by atoms with E-state index in [2.05, 4.69) is 35.4 Å². The standard InChI is InChI=1S/C14H18N2/c1-10-8-15-6-5-12(10)9-16-14-7-11-3-2-4-13(11)14/h2,4-6,8,11,13-14,16H,3,7,9H2,1H3. The summed E-state index contributed by atoms with van der Waals surface area (Å²) in [7, 11) is 0. The third kappa shape index (κ3) is 1.67. The molecule has 2 nitrogen and oxygen atoms in total. The molecule has 0 saturated heterocycles. The summed E-state index contributed by atoms with van der Waals surface area (Å²) in [6.07, 6.45) is 11.2. The van der Waals surface area contributed by atoms with Gasteiger partial charge >= 0.3 is 0 Å². The van der Waals surface area contributed by atoms with Crippen LogP contribution in [0.5, 0.6) is 0 Å².